The average Bonchev–Trinajstić information content (AvgIpc) is 3.51. The van der Waals surface area contributed by atoms with Gasteiger partial charge in [0.15, 0.2) is 11.8 Å². The third-order valence-corrected chi connectivity index (χ3v) is 7.25. The topological polar surface area (TPSA) is 119 Å². The second kappa shape index (κ2) is 8.66. The van der Waals surface area contributed by atoms with Gasteiger partial charge in [0.25, 0.3) is 0 Å². The average molecular weight is 513 g/mol. The largest absolute Gasteiger partial charge is 0.479 e. The molecule has 8 nitrogen and oxygen atoms in total. The van der Waals surface area contributed by atoms with Gasteiger partial charge in [-0.2, -0.15) is 9.61 Å². The molecule has 4 heterocycles. The first-order valence-electron chi connectivity index (χ1n) is 10.8. The smallest absolute Gasteiger partial charge is 0.338 e. The zero-order valence-corrected chi connectivity index (χ0v) is 19.2. The molecule has 33 heavy (non-hydrogen) atoms. The number of nitrogens with two attached hydrogens (primary N) is 1. The van der Waals surface area contributed by atoms with E-state index in [-0.39, 0.29) is 5.92 Å². The standard InChI is InChI=1S/C23H22BrFN6O2/c24-18-20(13-5-3-12(4-6-13)19(25)23(32)33)30-22-15(11-29-31(22)21(18)26)14-7-8-17(28-10-14)16-2-1-9-27-16/h2,7-13,19H,1,3-6,26H2,(H,32,33)/t12-,13+,19?. The maximum atomic E-state index is 13.9. The van der Waals surface area contributed by atoms with E-state index in [0.29, 0.717) is 41.6 Å². The molecule has 170 valence electrons. The molecule has 1 aliphatic carbocycles. The summed E-state index contributed by atoms with van der Waals surface area (Å²) in [6, 6.07) is 3.89. The van der Waals surface area contributed by atoms with Gasteiger partial charge in [-0.1, -0.05) is 12.1 Å². The highest BCUT2D eigenvalue weighted by atomic mass is 79.9. The molecule has 1 fully saturated rings. The van der Waals surface area contributed by atoms with Crippen molar-refractivity contribution in [3.63, 3.8) is 0 Å². The van der Waals surface area contributed by atoms with Gasteiger partial charge in [-0.05, 0) is 47.7 Å². The number of hydrogen-bond donors (Lipinski definition) is 2. The Morgan fingerprint density at radius 1 is 1.24 bits per heavy atom. The van der Waals surface area contributed by atoms with Crippen LogP contribution in [-0.2, 0) is 4.79 Å². The van der Waals surface area contributed by atoms with Crippen molar-refractivity contribution in [1.29, 1.82) is 0 Å². The summed E-state index contributed by atoms with van der Waals surface area (Å²) >= 11 is 3.57. The molecule has 3 N–H and O–H groups in total. The highest BCUT2D eigenvalue weighted by Gasteiger charge is 2.34. The zero-order valence-electron chi connectivity index (χ0n) is 17.7. The lowest BCUT2D eigenvalue weighted by molar-refractivity contribution is -0.145. The minimum Gasteiger partial charge on any atom is -0.479 e. The first-order chi connectivity index (χ1) is 15.9. The fourth-order valence-electron chi connectivity index (χ4n) is 4.62. The fourth-order valence-corrected chi connectivity index (χ4v) is 5.20. The molecule has 0 bridgehead atoms. The van der Waals surface area contributed by atoms with E-state index in [1.54, 1.807) is 16.9 Å². The summed E-state index contributed by atoms with van der Waals surface area (Å²) < 4.78 is 16.2. The predicted molar refractivity (Wildman–Crippen MR) is 127 cm³/mol. The number of nitrogen functional groups attached to an aromatic ring is 1. The van der Waals surface area contributed by atoms with Crippen molar-refractivity contribution < 1.29 is 14.3 Å². The lowest BCUT2D eigenvalue weighted by Crippen LogP contribution is -2.28. The number of carbonyl (C=O) groups is 1. The van der Waals surface area contributed by atoms with Crippen LogP contribution in [-0.4, -0.2) is 43.0 Å². The van der Waals surface area contributed by atoms with Crippen molar-refractivity contribution in [2.75, 3.05) is 5.73 Å². The molecule has 0 aromatic carbocycles. The number of allylic oxidation sites excluding steroid dienone is 1. The summed E-state index contributed by atoms with van der Waals surface area (Å²) in [4.78, 5) is 24.8. The highest BCUT2D eigenvalue weighted by Crippen LogP contribution is 2.41. The Labute approximate surface area is 197 Å². The van der Waals surface area contributed by atoms with E-state index in [4.69, 9.17) is 15.8 Å². The van der Waals surface area contributed by atoms with E-state index in [0.717, 1.165) is 34.6 Å². The molecule has 0 saturated heterocycles. The molecule has 0 amide bonds. The van der Waals surface area contributed by atoms with Crippen molar-refractivity contribution in [3.05, 3.63) is 46.5 Å². The third-order valence-electron chi connectivity index (χ3n) is 6.44. The SMILES string of the molecule is Nc1c(Br)c([C@H]2CC[C@@H](C(F)C(=O)O)CC2)nc2c(-c3ccc(C4=CCC=N4)nc3)cnn12. The Kier molecular flexibility index (Phi) is 5.69. The molecule has 3 aromatic rings. The number of aliphatic imine (C=N–C) groups is 1. The van der Waals surface area contributed by atoms with Crippen LogP contribution in [0.1, 0.15) is 49.4 Å². The number of carboxylic acids is 1. The number of aromatic nitrogens is 4. The Hall–Kier alpha value is -3.14. The lowest BCUT2D eigenvalue weighted by Gasteiger charge is -2.29. The monoisotopic (exact) mass is 512 g/mol. The van der Waals surface area contributed by atoms with E-state index in [1.807, 2.05) is 24.4 Å². The van der Waals surface area contributed by atoms with Gasteiger partial charge in [-0.15, -0.1) is 0 Å². The van der Waals surface area contributed by atoms with Gasteiger partial charge in [0.1, 0.15) is 5.82 Å². The summed E-state index contributed by atoms with van der Waals surface area (Å²) in [6.45, 7) is 0. The van der Waals surface area contributed by atoms with Crippen molar-refractivity contribution >= 4 is 45.3 Å². The van der Waals surface area contributed by atoms with Crippen molar-refractivity contribution in [2.24, 2.45) is 10.9 Å². The highest BCUT2D eigenvalue weighted by molar-refractivity contribution is 9.10. The van der Waals surface area contributed by atoms with Gasteiger partial charge in [0.05, 0.1) is 27.8 Å². The fraction of sp³-hybridized carbons (Fsp3) is 0.348. The Morgan fingerprint density at radius 3 is 2.67 bits per heavy atom. The molecule has 1 saturated carbocycles. The van der Waals surface area contributed by atoms with Crippen LogP contribution in [0.5, 0.6) is 0 Å². The first kappa shape index (κ1) is 21.7. The zero-order chi connectivity index (χ0) is 23.1. The predicted octanol–water partition coefficient (Wildman–Crippen LogP) is 4.65. The molecule has 2 aliphatic rings. The first-order valence-corrected chi connectivity index (χ1v) is 11.6. The van der Waals surface area contributed by atoms with Crippen LogP contribution in [0.2, 0.25) is 0 Å². The van der Waals surface area contributed by atoms with Gasteiger partial charge < -0.3 is 10.8 Å². The number of nitrogens with zero attached hydrogens (tertiary/aromatic N) is 5. The number of rotatable bonds is 5. The van der Waals surface area contributed by atoms with Crippen LogP contribution < -0.4 is 5.73 Å². The quantitative estimate of drug-likeness (QED) is 0.513. The van der Waals surface area contributed by atoms with Crippen molar-refractivity contribution in [1.82, 2.24) is 19.6 Å². The number of alkyl halides is 1. The van der Waals surface area contributed by atoms with Gasteiger partial charge in [-0.3, -0.25) is 9.98 Å². The molecular formula is C23H22BrFN6O2. The Bertz CT molecular complexity index is 1280. The molecule has 0 spiro atoms. The van der Waals surface area contributed by atoms with Crippen molar-refractivity contribution in [2.45, 2.75) is 44.2 Å². The second-order valence-electron chi connectivity index (χ2n) is 8.41. The second-order valence-corrected chi connectivity index (χ2v) is 9.20. The van der Waals surface area contributed by atoms with E-state index < -0.39 is 18.1 Å². The molecule has 5 rings (SSSR count). The number of fused-ring (bicyclic) bond motifs is 1. The minimum atomic E-state index is -1.82. The number of anilines is 1. The molecule has 1 atom stereocenters. The molecule has 0 radical (unpaired) electrons. The summed E-state index contributed by atoms with van der Waals surface area (Å²) in [5.41, 5.74) is 11.1. The third kappa shape index (κ3) is 3.92. The van der Waals surface area contributed by atoms with Crippen LogP contribution in [0.25, 0.3) is 22.5 Å². The number of pyridine rings is 1. The Morgan fingerprint density at radius 2 is 2.03 bits per heavy atom. The van der Waals surface area contributed by atoms with Crippen LogP contribution >= 0.6 is 15.9 Å². The summed E-state index contributed by atoms with van der Waals surface area (Å²) in [5.74, 6) is -1.36. The molecular weight excluding hydrogens is 491 g/mol. The van der Waals surface area contributed by atoms with Crippen LogP contribution in [0.3, 0.4) is 0 Å². The van der Waals surface area contributed by atoms with Crippen LogP contribution in [0.4, 0.5) is 10.2 Å². The maximum absolute atomic E-state index is 13.9. The molecule has 1 aliphatic heterocycles. The summed E-state index contributed by atoms with van der Waals surface area (Å²) in [7, 11) is 0. The van der Waals surface area contributed by atoms with Gasteiger partial charge in [0, 0.05) is 41.8 Å². The van der Waals surface area contributed by atoms with E-state index in [2.05, 4.69) is 31.0 Å². The normalized spacial score (nSPS) is 21.3. The minimum absolute atomic E-state index is 0.0549. The van der Waals surface area contributed by atoms with Gasteiger partial charge >= 0.3 is 5.97 Å². The van der Waals surface area contributed by atoms with E-state index in [1.165, 1.54) is 0 Å². The van der Waals surface area contributed by atoms with E-state index >= 15 is 0 Å². The Balaban J connectivity index is 1.46. The molecule has 3 aromatic heterocycles. The van der Waals surface area contributed by atoms with Gasteiger partial charge in [-0.25, -0.2) is 14.2 Å². The maximum Gasteiger partial charge on any atom is 0.338 e. The number of carboxylic acid groups (broad SMARTS) is 1. The molecule has 1 unspecified atom stereocenters. The number of halogens is 2. The van der Waals surface area contributed by atoms with Crippen LogP contribution in [0.15, 0.2) is 40.1 Å². The van der Waals surface area contributed by atoms with E-state index in [9.17, 15) is 9.18 Å². The number of aliphatic carboxylic acids is 1. The number of hydrogen-bond acceptors (Lipinski definition) is 6. The van der Waals surface area contributed by atoms with Crippen LogP contribution in [0, 0.1) is 5.92 Å². The summed E-state index contributed by atoms with van der Waals surface area (Å²) in [6.07, 6.45) is 8.65. The van der Waals surface area contributed by atoms with Gasteiger partial charge in [0.2, 0.25) is 0 Å². The summed E-state index contributed by atoms with van der Waals surface area (Å²) in [5, 5.41) is 13.4. The lowest BCUT2D eigenvalue weighted by atomic mass is 9.78. The molecule has 10 heteroatoms. The van der Waals surface area contributed by atoms with Crippen molar-refractivity contribution in [3.8, 4) is 11.1 Å².